The third-order valence-electron chi connectivity index (χ3n) is 6.33. The molecule has 2 heterocycles. The molecule has 3 atom stereocenters. The first-order valence-corrected chi connectivity index (χ1v) is 13.6. The first-order chi connectivity index (χ1) is 17.3. The number of benzene rings is 1. The Balaban J connectivity index is 1.63. The maximum Gasteiger partial charge on any atom is 0.255 e. The molecule has 1 N–H and O–H groups in total. The lowest BCUT2D eigenvalue weighted by Crippen LogP contribution is -2.29. The van der Waals surface area contributed by atoms with Crippen molar-refractivity contribution >= 4 is 51.2 Å². The number of carbonyl (C=O) groups excluding carboxylic acids is 2. The van der Waals surface area contributed by atoms with Crippen LogP contribution in [0.25, 0.3) is 10.4 Å². The molecular formula is C26H26ClFN4O2S2. The van der Waals surface area contributed by atoms with Crippen molar-refractivity contribution in [2.45, 2.75) is 26.2 Å². The predicted molar refractivity (Wildman–Crippen MR) is 144 cm³/mol. The van der Waals surface area contributed by atoms with Crippen LogP contribution in [-0.4, -0.2) is 40.5 Å². The summed E-state index contributed by atoms with van der Waals surface area (Å²) in [5.74, 6) is -1.40. The topological polar surface area (TPSA) is 75.2 Å². The normalized spacial score (nSPS) is 16.8. The third kappa shape index (κ3) is 5.74. The Morgan fingerprint density at radius 2 is 2.11 bits per heavy atom. The van der Waals surface area contributed by atoms with E-state index in [1.165, 1.54) is 17.4 Å². The molecule has 3 aromatic rings. The highest BCUT2D eigenvalue weighted by Gasteiger charge is 2.34. The van der Waals surface area contributed by atoms with Crippen LogP contribution in [0.4, 0.5) is 9.52 Å². The van der Waals surface area contributed by atoms with Crippen molar-refractivity contribution in [2.75, 3.05) is 18.9 Å². The van der Waals surface area contributed by atoms with Gasteiger partial charge in [-0.05, 0) is 48.7 Å². The summed E-state index contributed by atoms with van der Waals surface area (Å²) in [5.41, 5.74) is 2.88. The van der Waals surface area contributed by atoms with Crippen LogP contribution >= 0.6 is 34.3 Å². The Kier molecular flexibility index (Phi) is 8.33. The highest BCUT2D eigenvalue weighted by molar-refractivity contribution is 7.15. The molecule has 1 aliphatic rings. The van der Waals surface area contributed by atoms with E-state index in [4.69, 9.17) is 11.6 Å². The summed E-state index contributed by atoms with van der Waals surface area (Å²) in [6.07, 6.45) is 5.37. The highest BCUT2D eigenvalue weighted by atomic mass is 35.5. The molecule has 0 fully saturated rings. The molecule has 2 amide bonds. The number of aromatic nitrogens is 2. The van der Waals surface area contributed by atoms with Crippen molar-refractivity contribution in [3.8, 4) is 10.4 Å². The van der Waals surface area contributed by atoms with E-state index in [-0.39, 0.29) is 35.9 Å². The van der Waals surface area contributed by atoms with Crippen molar-refractivity contribution in [2.24, 2.45) is 11.8 Å². The average molecular weight is 545 g/mol. The van der Waals surface area contributed by atoms with Crippen LogP contribution in [0.15, 0.2) is 59.9 Å². The van der Waals surface area contributed by atoms with Gasteiger partial charge >= 0.3 is 0 Å². The number of rotatable bonds is 8. The quantitative estimate of drug-likeness (QED) is 0.338. The fourth-order valence-corrected chi connectivity index (χ4v) is 6.22. The molecular weight excluding hydrogens is 519 g/mol. The van der Waals surface area contributed by atoms with Gasteiger partial charge in [0.15, 0.2) is 0 Å². The van der Waals surface area contributed by atoms with Gasteiger partial charge in [0, 0.05) is 41.6 Å². The van der Waals surface area contributed by atoms with Gasteiger partial charge in [0.25, 0.3) is 5.91 Å². The van der Waals surface area contributed by atoms with E-state index in [1.54, 1.807) is 47.0 Å². The molecule has 0 bridgehead atoms. The Labute approximate surface area is 222 Å². The summed E-state index contributed by atoms with van der Waals surface area (Å²) < 4.78 is 14.2. The van der Waals surface area contributed by atoms with Crippen LogP contribution < -0.4 is 5.32 Å². The zero-order chi connectivity index (χ0) is 25.8. The molecule has 2 aromatic heterocycles. The Morgan fingerprint density at radius 1 is 1.31 bits per heavy atom. The Bertz CT molecular complexity index is 1310. The number of nitrogens with zero attached hydrogens (tertiary/aromatic N) is 3. The van der Waals surface area contributed by atoms with Gasteiger partial charge in [-0.25, -0.2) is 4.39 Å². The van der Waals surface area contributed by atoms with E-state index in [9.17, 15) is 14.0 Å². The lowest BCUT2D eigenvalue weighted by molar-refractivity contribution is -0.120. The first-order valence-electron chi connectivity index (χ1n) is 11.5. The minimum atomic E-state index is -0.450. The number of amides is 2. The van der Waals surface area contributed by atoms with E-state index in [0.29, 0.717) is 22.3 Å². The zero-order valence-corrected chi connectivity index (χ0v) is 22.5. The van der Waals surface area contributed by atoms with Gasteiger partial charge in [-0.1, -0.05) is 48.1 Å². The Hall–Kier alpha value is -2.88. The predicted octanol–water partition coefficient (Wildman–Crippen LogP) is 6.80. The molecule has 4 rings (SSSR count). The first kappa shape index (κ1) is 26.2. The second kappa shape index (κ2) is 11.5. The summed E-state index contributed by atoms with van der Waals surface area (Å²) in [6.45, 7) is 4.34. The van der Waals surface area contributed by atoms with E-state index in [2.05, 4.69) is 15.5 Å². The summed E-state index contributed by atoms with van der Waals surface area (Å²) in [4.78, 5) is 29.2. The second-order valence-corrected chi connectivity index (χ2v) is 11.0. The Morgan fingerprint density at radius 3 is 2.78 bits per heavy atom. The van der Waals surface area contributed by atoms with E-state index in [1.807, 2.05) is 38.1 Å². The van der Waals surface area contributed by atoms with Crippen LogP contribution in [0.2, 0.25) is 5.02 Å². The van der Waals surface area contributed by atoms with Gasteiger partial charge in [0.1, 0.15) is 11.3 Å². The van der Waals surface area contributed by atoms with Gasteiger partial charge in [-0.3, -0.25) is 9.59 Å². The fourth-order valence-electron chi connectivity index (χ4n) is 4.23. The molecule has 0 spiro atoms. The maximum atomic E-state index is 14.2. The van der Waals surface area contributed by atoms with Gasteiger partial charge < -0.3 is 10.2 Å². The molecule has 0 saturated heterocycles. The molecule has 0 aliphatic heterocycles. The van der Waals surface area contributed by atoms with Crippen LogP contribution in [0.1, 0.15) is 41.4 Å². The third-order valence-corrected chi connectivity index (χ3v) is 8.49. The largest absolute Gasteiger partial charge is 0.342 e. The van der Waals surface area contributed by atoms with Gasteiger partial charge in [0.05, 0.1) is 10.6 Å². The SMILES string of the molecule is CCN(C)C(=O)c1ccc(-c2ccc([C@@H](C3C=CC=C(F)C3)[C@@H](C)C(=O)Nc3nncs3)s2)cc1Cl. The smallest absolute Gasteiger partial charge is 0.255 e. The van der Waals surface area contributed by atoms with Crippen molar-refractivity contribution in [3.63, 3.8) is 0 Å². The minimum absolute atomic E-state index is 0.129. The van der Waals surface area contributed by atoms with Crippen molar-refractivity contribution < 1.29 is 14.0 Å². The molecule has 188 valence electrons. The zero-order valence-electron chi connectivity index (χ0n) is 20.1. The highest BCUT2D eigenvalue weighted by Crippen LogP contribution is 2.44. The van der Waals surface area contributed by atoms with Crippen LogP contribution in [-0.2, 0) is 4.79 Å². The molecule has 0 radical (unpaired) electrons. The van der Waals surface area contributed by atoms with Crippen molar-refractivity contribution in [1.29, 1.82) is 0 Å². The molecule has 1 unspecified atom stereocenters. The number of carbonyl (C=O) groups is 2. The van der Waals surface area contributed by atoms with Crippen LogP contribution in [0.3, 0.4) is 0 Å². The van der Waals surface area contributed by atoms with Crippen molar-refractivity contribution in [1.82, 2.24) is 15.1 Å². The van der Waals surface area contributed by atoms with E-state index < -0.39 is 5.92 Å². The lowest BCUT2D eigenvalue weighted by atomic mass is 9.77. The van der Waals surface area contributed by atoms with E-state index >= 15 is 0 Å². The van der Waals surface area contributed by atoms with Gasteiger partial charge in [-0.15, -0.1) is 21.5 Å². The molecule has 6 nitrogen and oxygen atoms in total. The summed E-state index contributed by atoms with van der Waals surface area (Å²) in [7, 11) is 1.73. The summed E-state index contributed by atoms with van der Waals surface area (Å²) in [6, 6.07) is 9.37. The summed E-state index contributed by atoms with van der Waals surface area (Å²) >= 11 is 9.27. The molecule has 0 saturated carbocycles. The van der Waals surface area contributed by atoms with Crippen LogP contribution in [0, 0.1) is 11.8 Å². The molecule has 1 aromatic carbocycles. The van der Waals surface area contributed by atoms with Crippen molar-refractivity contribution in [3.05, 3.63) is 75.4 Å². The average Bonchev–Trinajstić information content (AvgIpc) is 3.56. The fraction of sp³-hybridized carbons (Fsp3) is 0.308. The minimum Gasteiger partial charge on any atom is -0.342 e. The van der Waals surface area contributed by atoms with Gasteiger partial charge in [-0.2, -0.15) is 0 Å². The number of halogens is 2. The molecule has 10 heteroatoms. The number of allylic oxidation sites excluding steroid dienone is 4. The maximum absolute atomic E-state index is 14.2. The lowest BCUT2D eigenvalue weighted by Gasteiger charge is -2.29. The number of thiophene rings is 1. The standard InChI is InChI=1S/C26H26ClFN4O2S2/c1-4-32(3)25(34)19-9-8-16(13-20(19)27)21-10-11-22(36-21)23(17-6-5-7-18(28)12-17)15(2)24(33)30-26-31-29-14-35-26/h5-11,13-15,17,23H,4,12H2,1-3H3,(H,30,31,33)/t15-,17?,23-/m1/s1. The van der Waals surface area contributed by atoms with Gasteiger partial charge in [0.2, 0.25) is 11.0 Å². The number of nitrogens with one attached hydrogen (secondary N) is 1. The molecule has 1 aliphatic carbocycles. The number of hydrogen-bond donors (Lipinski definition) is 1. The van der Waals surface area contributed by atoms with Crippen LogP contribution in [0.5, 0.6) is 0 Å². The number of anilines is 1. The number of hydrogen-bond acceptors (Lipinski definition) is 6. The van der Waals surface area contributed by atoms with E-state index in [0.717, 1.165) is 15.3 Å². The monoisotopic (exact) mass is 544 g/mol. The second-order valence-electron chi connectivity index (χ2n) is 8.63. The summed E-state index contributed by atoms with van der Waals surface area (Å²) in [5, 5.41) is 11.3. The molecule has 36 heavy (non-hydrogen) atoms.